The molecule has 2 aromatic carbocycles. The Kier molecular flexibility index (Phi) is 5.45. The average Bonchev–Trinajstić information content (AvgIpc) is 3.50. The molecule has 0 aliphatic carbocycles. The Morgan fingerprint density at radius 3 is 2.29 bits per heavy atom. The summed E-state index contributed by atoms with van der Waals surface area (Å²) in [5.41, 5.74) is 3.47. The number of H-pyrrole nitrogens is 1. The largest absolute Gasteiger partial charge is 0.339 e. The molecule has 2 fully saturated rings. The minimum atomic E-state index is 0.0145. The summed E-state index contributed by atoms with van der Waals surface area (Å²) in [5.74, 6) is 0.725. The van der Waals surface area contributed by atoms with E-state index in [1.807, 2.05) is 46.2 Å². The van der Waals surface area contributed by atoms with Crippen LogP contribution in [0.15, 0.2) is 48.5 Å². The van der Waals surface area contributed by atoms with Crippen molar-refractivity contribution in [3.8, 4) is 0 Å². The number of nitrogens with zero attached hydrogens (tertiary/aromatic N) is 3. The first-order chi connectivity index (χ1) is 15.2. The fraction of sp³-hybridized carbons (Fsp3) is 0.400. The van der Waals surface area contributed by atoms with Crippen molar-refractivity contribution in [1.29, 1.82) is 0 Å². The molecule has 2 amide bonds. The summed E-state index contributed by atoms with van der Waals surface area (Å²) in [6, 6.07) is 15.9. The molecule has 1 aromatic heterocycles. The molecule has 0 saturated carbocycles. The first kappa shape index (κ1) is 19.8. The molecule has 6 nitrogen and oxygen atoms in total. The number of benzene rings is 2. The summed E-state index contributed by atoms with van der Waals surface area (Å²) in [5, 5.41) is 8.10. The zero-order valence-electron chi connectivity index (χ0n) is 17.7. The molecule has 0 atom stereocenters. The minimum Gasteiger partial charge on any atom is -0.339 e. The first-order valence-electron chi connectivity index (χ1n) is 11.3. The van der Waals surface area contributed by atoms with Crippen molar-refractivity contribution in [2.45, 2.75) is 32.1 Å². The van der Waals surface area contributed by atoms with Gasteiger partial charge in [-0.3, -0.25) is 14.7 Å². The van der Waals surface area contributed by atoms with Gasteiger partial charge in [0.1, 0.15) is 0 Å². The molecule has 0 bridgehead atoms. The number of carbonyl (C=O) groups is 2. The molecular formula is C25H28N4O2. The normalized spacial score (nSPS) is 17.4. The summed E-state index contributed by atoms with van der Waals surface area (Å²) < 4.78 is 0. The quantitative estimate of drug-likeness (QED) is 0.701. The molecule has 3 aromatic rings. The zero-order valence-corrected chi connectivity index (χ0v) is 17.7. The SMILES string of the molecule is O=C(c1ccc(CC2CCN(C(=O)c3n[nH]c4ccccc34)CC2)cc1)N1CCCC1. The van der Waals surface area contributed by atoms with E-state index in [4.69, 9.17) is 0 Å². The van der Waals surface area contributed by atoms with Crippen LogP contribution in [0.25, 0.3) is 10.9 Å². The number of aromatic nitrogens is 2. The molecule has 160 valence electrons. The number of likely N-dealkylation sites (tertiary alicyclic amines) is 2. The standard InChI is InChI=1S/C25H28N4O2/c30-24(28-13-3-4-14-28)20-9-7-18(8-10-20)17-19-11-15-29(16-12-19)25(31)23-21-5-1-2-6-22(21)26-27-23/h1-2,5-10,19H,3-4,11-17H2,(H,26,27). The van der Waals surface area contributed by atoms with E-state index in [1.54, 1.807) is 0 Å². The van der Waals surface area contributed by atoms with Gasteiger partial charge in [0.2, 0.25) is 0 Å². The average molecular weight is 417 g/mol. The highest BCUT2D eigenvalue weighted by molar-refractivity contribution is 6.04. The van der Waals surface area contributed by atoms with Gasteiger partial charge in [0.25, 0.3) is 11.8 Å². The Morgan fingerprint density at radius 2 is 1.55 bits per heavy atom. The van der Waals surface area contributed by atoms with Crippen LogP contribution in [0, 0.1) is 5.92 Å². The second-order valence-electron chi connectivity index (χ2n) is 8.75. The summed E-state index contributed by atoms with van der Waals surface area (Å²) >= 11 is 0. The predicted molar refractivity (Wildman–Crippen MR) is 120 cm³/mol. The molecule has 0 radical (unpaired) electrons. The van der Waals surface area contributed by atoms with Gasteiger partial charge in [-0.1, -0.05) is 30.3 Å². The number of nitrogens with one attached hydrogen (secondary N) is 1. The zero-order chi connectivity index (χ0) is 21.2. The van der Waals surface area contributed by atoms with Crippen LogP contribution in [0.4, 0.5) is 0 Å². The Balaban J connectivity index is 1.16. The van der Waals surface area contributed by atoms with Crippen LogP contribution in [0.2, 0.25) is 0 Å². The van der Waals surface area contributed by atoms with E-state index in [1.165, 1.54) is 5.56 Å². The summed E-state index contributed by atoms with van der Waals surface area (Å²) in [6.45, 7) is 3.28. The molecule has 2 saturated heterocycles. The maximum absolute atomic E-state index is 13.0. The van der Waals surface area contributed by atoms with Crippen molar-refractivity contribution in [1.82, 2.24) is 20.0 Å². The van der Waals surface area contributed by atoms with Gasteiger partial charge in [0.05, 0.1) is 5.52 Å². The number of piperidine rings is 1. The van der Waals surface area contributed by atoms with E-state index < -0.39 is 0 Å². The monoisotopic (exact) mass is 416 g/mol. The Morgan fingerprint density at radius 1 is 0.871 bits per heavy atom. The third kappa shape index (κ3) is 4.07. The van der Waals surface area contributed by atoms with Gasteiger partial charge < -0.3 is 9.80 Å². The van der Waals surface area contributed by atoms with Gasteiger partial charge in [0.15, 0.2) is 5.69 Å². The number of hydrogen-bond acceptors (Lipinski definition) is 3. The van der Waals surface area contributed by atoms with Gasteiger partial charge in [0, 0.05) is 37.1 Å². The third-order valence-electron chi connectivity index (χ3n) is 6.69. The van der Waals surface area contributed by atoms with E-state index in [2.05, 4.69) is 22.3 Å². The van der Waals surface area contributed by atoms with E-state index in [9.17, 15) is 9.59 Å². The number of para-hydroxylation sites is 1. The van der Waals surface area contributed by atoms with Crippen LogP contribution in [0.5, 0.6) is 0 Å². The molecule has 5 rings (SSSR count). The summed E-state index contributed by atoms with van der Waals surface area (Å²) in [6.07, 6.45) is 5.19. The van der Waals surface area contributed by atoms with Crippen molar-refractivity contribution in [2.24, 2.45) is 5.92 Å². The van der Waals surface area contributed by atoms with Gasteiger partial charge in [-0.2, -0.15) is 5.10 Å². The molecular weight excluding hydrogens is 388 g/mol. The topological polar surface area (TPSA) is 69.3 Å². The lowest BCUT2D eigenvalue weighted by Crippen LogP contribution is -2.39. The fourth-order valence-corrected chi connectivity index (χ4v) is 4.84. The van der Waals surface area contributed by atoms with Crippen molar-refractivity contribution in [3.05, 3.63) is 65.4 Å². The minimum absolute atomic E-state index is 0.0145. The van der Waals surface area contributed by atoms with Gasteiger partial charge >= 0.3 is 0 Å². The van der Waals surface area contributed by atoms with E-state index in [-0.39, 0.29) is 11.8 Å². The first-order valence-corrected chi connectivity index (χ1v) is 11.3. The van der Waals surface area contributed by atoms with E-state index >= 15 is 0 Å². The van der Waals surface area contributed by atoms with Crippen LogP contribution < -0.4 is 0 Å². The molecule has 0 unspecified atom stereocenters. The van der Waals surface area contributed by atoms with Crippen molar-refractivity contribution in [2.75, 3.05) is 26.2 Å². The van der Waals surface area contributed by atoms with E-state index in [0.29, 0.717) is 11.6 Å². The Hall–Kier alpha value is -3.15. The van der Waals surface area contributed by atoms with Gasteiger partial charge in [-0.15, -0.1) is 0 Å². The molecule has 1 N–H and O–H groups in total. The summed E-state index contributed by atoms with van der Waals surface area (Å²) in [7, 11) is 0. The molecule has 3 heterocycles. The maximum Gasteiger partial charge on any atom is 0.274 e. The maximum atomic E-state index is 13.0. The highest BCUT2D eigenvalue weighted by Crippen LogP contribution is 2.25. The Bertz CT molecular complexity index is 1070. The number of aromatic amines is 1. The molecule has 31 heavy (non-hydrogen) atoms. The predicted octanol–water partition coefficient (Wildman–Crippen LogP) is 3.89. The van der Waals surface area contributed by atoms with Crippen molar-refractivity contribution >= 4 is 22.7 Å². The van der Waals surface area contributed by atoms with Crippen LogP contribution in [0.1, 0.15) is 52.1 Å². The Labute approximate surface area is 182 Å². The molecule has 6 heteroatoms. The second kappa shape index (κ2) is 8.53. The van der Waals surface area contributed by atoms with Crippen molar-refractivity contribution in [3.63, 3.8) is 0 Å². The smallest absolute Gasteiger partial charge is 0.274 e. The number of carbonyl (C=O) groups excluding carboxylic acids is 2. The lowest BCUT2D eigenvalue weighted by molar-refractivity contribution is 0.0686. The van der Waals surface area contributed by atoms with Crippen LogP contribution in [-0.2, 0) is 6.42 Å². The van der Waals surface area contributed by atoms with Crippen LogP contribution in [-0.4, -0.2) is 58.0 Å². The van der Waals surface area contributed by atoms with Gasteiger partial charge in [-0.05, 0) is 61.8 Å². The molecule has 0 spiro atoms. The summed E-state index contributed by atoms with van der Waals surface area (Å²) in [4.78, 5) is 29.3. The highest BCUT2D eigenvalue weighted by Gasteiger charge is 2.26. The van der Waals surface area contributed by atoms with Gasteiger partial charge in [-0.25, -0.2) is 0 Å². The van der Waals surface area contributed by atoms with Crippen molar-refractivity contribution < 1.29 is 9.59 Å². The second-order valence-corrected chi connectivity index (χ2v) is 8.75. The molecule has 2 aliphatic heterocycles. The number of hydrogen-bond donors (Lipinski definition) is 1. The number of rotatable bonds is 4. The molecule has 2 aliphatic rings. The van der Waals surface area contributed by atoms with Crippen LogP contribution in [0.3, 0.4) is 0 Å². The number of fused-ring (bicyclic) bond motifs is 1. The fourth-order valence-electron chi connectivity index (χ4n) is 4.84. The number of amides is 2. The lowest BCUT2D eigenvalue weighted by Gasteiger charge is -2.31. The van der Waals surface area contributed by atoms with Crippen LogP contribution >= 0.6 is 0 Å². The third-order valence-corrected chi connectivity index (χ3v) is 6.69. The highest BCUT2D eigenvalue weighted by atomic mass is 16.2. The lowest BCUT2D eigenvalue weighted by atomic mass is 9.89. The van der Waals surface area contributed by atoms with E-state index in [0.717, 1.165) is 74.7 Å².